The quantitative estimate of drug-likeness (QED) is 0.508. The first-order chi connectivity index (χ1) is 12.7. The fourth-order valence-electron chi connectivity index (χ4n) is 6.85. The predicted octanol–water partition coefficient (Wildman–Crippen LogP) is 6.37. The summed E-state index contributed by atoms with van der Waals surface area (Å²) in [6.07, 6.45) is 8.10. The minimum atomic E-state index is -0.124. The Hall–Kier alpha value is -2.09. The molecule has 0 spiro atoms. The lowest BCUT2D eigenvalue weighted by atomic mass is 9.53. The van der Waals surface area contributed by atoms with E-state index in [9.17, 15) is 4.39 Å². The van der Waals surface area contributed by atoms with Gasteiger partial charge in [0.25, 0.3) is 0 Å². The molecule has 2 heteroatoms. The standard InChI is InChI=1S/C24H24FN/c25-21-7-6-20-11-22(19-4-2-1-3-5-19)26(23(20)12-21)24-13-16-8-17(14-24)10-18(9-16)15-24/h1-7,11-12,16-18H,8-10,13-15H2. The molecular weight excluding hydrogens is 321 g/mol. The van der Waals surface area contributed by atoms with Crippen molar-refractivity contribution in [1.82, 2.24) is 4.57 Å². The number of hydrogen-bond acceptors (Lipinski definition) is 0. The van der Waals surface area contributed by atoms with Crippen molar-refractivity contribution in [3.63, 3.8) is 0 Å². The molecule has 1 heterocycles. The molecule has 7 rings (SSSR count). The number of fused-ring (bicyclic) bond motifs is 1. The second-order valence-corrected chi connectivity index (χ2v) is 9.08. The molecule has 0 saturated heterocycles. The molecule has 0 atom stereocenters. The molecule has 4 aliphatic carbocycles. The first-order valence-corrected chi connectivity index (χ1v) is 10.1. The Labute approximate surface area is 153 Å². The third-order valence-electron chi connectivity index (χ3n) is 7.32. The van der Waals surface area contributed by atoms with Crippen LogP contribution >= 0.6 is 0 Å². The summed E-state index contributed by atoms with van der Waals surface area (Å²) in [6, 6.07) is 18.3. The Morgan fingerprint density at radius 2 is 1.46 bits per heavy atom. The lowest BCUT2D eigenvalue weighted by Gasteiger charge is -2.58. The normalized spacial score (nSPS) is 32.4. The lowest BCUT2D eigenvalue weighted by molar-refractivity contribution is -0.0399. The van der Waals surface area contributed by atoms with Gasteiger partial charge in [0.05, 0.1) is 5.52 Å². The largest absolute Gasteiger partial charge is 0.334 e. The number of halogens is 1. The zero-order chi connectivity index (χ0) is 17.3. The minimum Gasteiger partial charge on any atom is -0.334 e. The summed E-state index contributed by atoms with van der Waals surface area (Å²) in [7, 11) is 0. The number of benzene rings is 2. The van der Waals surface area contributed by atoms with Crippen LogP contribution in [0.3, 0.4) is 0 Å². The van der Waals surface area contributed by atoms with Crippen molar-refractivity contribution in [1.29, 1.82) is 0 Å². The van der Waals surface area contributed by atoms with Crippen LogP contribution in [0.1, 0.15) is 38.5 Å². The minimum absolute atomic E-state index is 0.124. The SMILES string of the molecule is Fc1ccc2cc(-c3ccccc3)n(C34CC5CC(CC(C5)C3)C4)c2c1. The van der Waals surface area contributed by atoms with Crippen molar-refractivity contribution >= 4 is 10.9 Å². The number of nitrogens with zero attached hydrogens (tertiary/aromatic N) is 1. The average Bonchev–Trinajstić information content (AvgIpc) is 3.01. The summed E-state index contributed by atoms with van der Waals surface area (Å²) in [5.74, 6) is 2.49. The van der Waals surface area contributed by atoms with Gasteiger partial charge >= 0.3 is 0 Å². The molecule has 4 aliphatic rings. The zero-order valence-electron chi connectivity index (χ0n) is 15.0. The summed E-state index contributed by atoms with van der Waals surface area (Å²) in [4.78, 5) is 0. The Morgan fingerprint density at radius 3 is 2.12 bits per heavy atom. The second-order valence-electron chi connectivity index (χ2n) is 9.08. The fourth-order valence-corrected chi connectivity index (χ4v) is 6.85. The molecule has 0 aliphatic heterocycles. The van der Waals surface area contributed by atoms with Gasteiger partial charge in [-0.15, -0.1) is 0 Å². The highest BCUT2D eigenvalue weighted by Gasteiger charge is 2.52. The molecular formula is C24H24FN. The van der Waals surface area contributed by atoms with E-state index in [1.807, 2.05) is 6.07 Å². The molecule has 26 heavy (non-hydrogen) atoms. The summed E-state index contributed by atoms with van der Waals surface area (Å²) < 4.78 is 16.7. The summed E-state index contributed by atoms with van der Waals surface area (Å²) in [6.45, 7) is 0. The van der Waals surface area contributed by atoms with Gasteiger partial charge in [-0.3, -0.25) is 0 Å². The van der Waals surface area contributed by atoms with Gasteiger partial charge in [-0.25, -0.2) is 4.39 Å². The summed E-state index contributed by atoms with van der Waals surface area (Å²) >= 11 is 0. The summed E-state index contributed by atoms with van der Waals surface area (Å²) in [5.41, 5.74) is 3.80. The highest BCUT2D eigenvalue weighted by molar-refractivity contribution is 5.87. The Bertz CT molecular complexity index is 949. The number of hydrogen-bond donors (Lipinski definition) is 0. The number of aromatic nitrogens is 1. The molecule has 3 aromatic rings. The molecule has 4 saturated carbocycles. The van der Waals surface area contributed by atoms with E-state index in [0.29, 0.717) is 0 Å². The van der Waals surface area contributed by atoms with Gasteiger partial charge in [0.15, 0.2) is 0 Å². The van der Waals surface area contributed by atoms with Crippen molar-refractivity contribution in [3.05, 3.63) is 60.4 Å². The van der Waals surface area contributed by atoms with E-state index >= 15 is 0 Å². The monoisotopic (exact) mass is 345 g/mol. The van der Waals surface area contributed by atoms with Crippen LogP contribution in [-0.4, -0.2) is 4.57 Å². The molecule has 1 nitrogen and oxygen atoms in total. The van der Waals surface area contributed by atoms with Crippen LogP contribution in [0.5, 0.6) is 0 Å². The van der Waals surface area contributed by atoms with E-state index < -0.39 is 0 Å². The maximum absolute atomic E-state index is 14.2. The molecule has 0 amide bonds. The third-order valence-corrected chi connectivity index (χ3v) is 7.32. The average molecular weight is 345 g/mol. The molecule has 2 aromatic carbocycles. The zero-order valence-corrected chi connectivity index (χ0v) is 15.0. The van der Waals surface area contributed by atoms with Gasteiger partial charge in [0.2, 0.25) is 0 Å². The lowest BCUT2D eigenvalue weighted by Crippen LogP contribution is -2.51. The van der Waals surface area contributed by atoms with Gasteiger partial charge in [-0.05, 0) is 86.1 Å². The molecule has 1 aromatic heterocycles. The van der Waals surface area contributed by atoms with E-state index in [1.54, 1.807) is 12.1 Å². The Kier molecular flexibility index (Phi) is 3.01. The smallest absolute Gasteiger partial charge is 0.125 e. The van der Waals surface area contributed by atoms with Gasteiger partial charge in [0.1, 0.15) is 5.82 Å². The summed E-state index contributed by atoms with van der Waals surface area (Å²) in [5, 5.41) is 1.17. The Morgan fingerprint density at radius 1 is 0.808 bits per heavy atom. The van der Waals surface area contributed by atoms with Gasteiger partial charge in [-0.1, -0.05) is 30.3 Å². The van der Waals surface area contributed by atoms with Crippen LogP contribution in [0.4, 0.5) is 4.39 Å². The van der Waals surface area contributed by atoms with E-state index in [0.717, 1.165) is 23.3 Å². The first kappa shape index (κ1) is 15.0. The molecule has 4 bridgehead atoms. The number of rotatable bonds is 2. The van der Waals surface area contributed by atoms with E-state index in [-0.39, 0.29) is 11.4 Å². The highest BCUT2D eigenvalue weighted by Crippen LogP contribution is 2.60. The van der Waals surface area contributed by atoms with Crippen LogP contribution in [0.25, 0.3) is 22.2 Å². The first-order valence-electron chi connectivity index (χ1n) is 10.1. The molecule has 0 N–H and O–H groups in total. The van der Waals surface area contributed by atoms with Crippen molar-refractivity contribution in [2.75, 3.05) is 0 Å². The van der Waals surface area contributed by atoms with Crippen LogP contribution in [0.15, 0.2) is 54.6 Å². The maximum atomic E-state index is 14.2. The Balaban J connectivity index is 1.63. The molecule has 132 valence electrons. The third kappa shape index (κ3) is 2.08. The van der Waals surface area contributed by atoms with Crippen molar-refractivity contribution < 1.29 is 4.39 Å². The van der Waals surface area contributed by atoms with Crippen molar-refractivity contribution in [2.45, 2.75) is 44.1 Å². The van der Waals surface area contributed by atoms with E-state index in [2.05, 4.69) is 41.0 Å². The van der Waals surface area contributed by atoms with Gasteiger partial charge < -0.3 is 4.57 Å². The van der Waals surface area contributed by atoms with Gasteiger partial charge in [-0.2, -0.15) is 0 Å². The van der Waals surface area contributed by atoms with Crippen LogP contribution < -0.4 is 0 Å². The van der Waals surface area contributed by atoms with Crippen LogP contribution in [-0.2, 0) is 5.54 Å². The predicted molar refractivity (Wildman–Crippen MR) is 103 cm³/mol. The highest BCUT2D eigenvalue weighted by atomic mass is 19.1. The topological polar surface area (TPSA) is 4.93 Å². The fraction of sp³-hybridized carbons (Fsp3) is 0.417. The van der Waals surface area contributed by atoms with Crippen LogP contribution in [0, 0.1) is 23.6 Å². The molecule has 0 radical (unpaired) electrons. The second kappa shape index (κ2) is 5.22. The van der Waals surface area contributed by atoms with E-state index in [1.165, 1.54) is 55.2 Å². The molecule has 4 fully saturated rings. The van der Waals surface area contributed by atoms with Crippen molar-refractivity contribution in [2.24, 2.45) is 17.8 Å². The van der Waals surface area contributed by atoms with E-state index in [4.69, 9.17) is 0 Å². The van der Waals surface area contributed by atoms with Crippen molar-refractivity contribution in [3.8, 4) is 11.3 Å². The van der Waals surface area contributed by atoms with Gasteiger partial charge in [0, 0.05) is 16.6 Å². The maximum Gasteiger partial charge on any atom is 0.125 e. The molecule has 0 unspecified atom stereocenters. The van der Waals surface area contributed by atoms with Crippen LogP contribution in [0.2, 0.25) is 0 Å².